The summed E-state index contributed by atoms with van der Waals surface area (Å²) in [5, 5.41) is 7.89. The van der Waals surface area contributed by atoms with Crippen LogP contribution in [0.1, 0.15) is 29.7 Å². The van der Waals surface area contributed by atoms with Crippen molar-refractivity contribution in [2.75, 3.05) is 6.61 Å². The van der Waals surface area contributed by atoms with Crippen molar-refractivity contribution in [3.8, 4) is 5.75 Å². The van der Waals surface area contributed by atoms with Crippen molar-refractivity contribution in [2.24, 2.45) is 5.14 Å². The number of amides is 1. The third-order valence-electron chi connectivity index (χ3n) is 3.84. The lowest BCUT2D eigenvalue weighted by atomic mass is 10.1. The first-order chi connectivity index (χ1) is 11.7. The molecule has 0 fully saturated rings. The fraction of sp³-hybridized carbons (Fsp3) is 0.278. The van der Waals surface area contributed by atoms with Crippen molar-refractivity contribution in [3.05, 3.63) is 59.2 Å². The van der Waals surface area contributed by atoms with Crippen molar-refractivity contribution in [1.82, 2.24) is 5.32 Å². The Morgan fingerprint density at radius 2 is 1.68 bits per heavy atom. The molecule has 0 bridgehead atoms. The Labute approximate surface area is 148 Å². The summed E-state index contributed by atoms with van der Waals surface area (Å²) in [5.41, 5.74) is 2.71. The highest BCUT2D eigenvalue weighted by atomic mass is 32.2. The van der Waals surface area contributed by atoms with Crippen molar-refractivity contribution in [1.29, 1.82) is 0 Å². The lowest BCUT2D eigenvalue weighted by molar-refractivity contribution is -0.123. The molecular formula is C18H22N2O4S. The molecule has 0 saturated carbocycles. The molecule has 0 saturated heterocycles. The summed E-state index contributed by atoms with van der Waals surface area (Å²) in [6.45, 7) is 5.57. The zero-order valence-electron chi connectivity index (χ0n) is 14.4. The molecule has 25 heavy (non-hydrogen) atoms. The Balaban J connectivity index is 1.96. The third-order valence-corrected chi connectivity index (χ3v) is 4.77. The Bertz CT molecular complexity index is 841. The molecule has 1 amide bonds. The van der Waals surface area contributed by atoms with Crippen LogP contribution in [0.2, 0.25) is 0 Å². The Kier molecular flexibility index (Phi) is 5.81. The standard InChI is InChI=1S/C18H22N2O4S/c1-12-5-4-6-13(2)18(12)24-11-17(21)20-14(3)15-7-9-16(10-8-15)25(19,22)23/h4-10,14H,11H2,1-3H3,(H,20,21)(H2,19,22,23). The summed E-state index contributed by atoms with van der Waals surface area (Å²) in [6, 6.07) is 11.6. The molecule has 6 nitrogen and oxygen atoms in total. The van der Waals surface area contributed by atoms with Gasteiger partial charge in [-0.3, -0.25) is 4.79 Å². The molecule has 0 spiro atoms. The van der Waals surface area contributed by atoms with Gasteiger partial charge in [0.25, 0.3) is 5.91 Å². The number of hydrogen-bond donors (Lipinski definition) is 2. The fourth-order valence-electron chi connectivity index (χ4n) is 2.48. The summed E-state index contributed by atoms with van der Waals surface area (Å²) >= 11 is 0. The van der Waals surface area contributed by atoms with E-state index in [0.29, 0.717) is 5.75 Å². The van der Waals surface area contributed by atoms with Gasteiger partial charge in [0, 0.05) is 0 Å². The maximum absolute atomic E-state index is 12.1. The first-order valence-electron chi connectivity index (χ1n) is 7.79. The van der Waals surface area contributed by atoms with Gasteiger partial charge in [-0.2, -0.15) is 0 Å². The van der Waals surface area contributed by atoms with Gasteiger partial charge in [0.2, 0.25) is 10.0 Å². The molecule has 0 heterocycles. The molecular weight excluding hydrogens is 340 g/mol. The zero-order valence-corrected chi connectivity index (χ0v) is 15.3. The lowest BCUT2D eigenvalue weighted by Crippen LogP contribution is -2.31. The molecule has 1 atom stereocenters. The van der Waals surface area contributed by atoms with Gasteiger partial charge in [0.1, 0.15) is 5.75 Å². The van der Waals surface area contributed by atoms with Crippen LogP contribution >= 0.6 is 0 Å². The van der Waals surface area contributed by atoms with Gasteiger partial charge in [0.05, 0.1) is 10.9 Å². The highest BCUT2D eigenvalue weighted by Gasteiger charge is 2.13. The quantitative estimate of drug-likeness (QED) is 0.823. The van der Waals surface area contributed by atoms with Crippen LogP contribution in [0.25, 0.3) is 0 Å². The fourth-order valence-corrected chi connectivity index (χ4v) is 2.99. The summed E-state index contributed by atoms with van der Waals surface area (Å²) in [5.74, 6) is 0.452. The number of carbonyl (C=O) groups is 1. The summed E-state index contributed by atoms with van der Waals surface area (Å²) in [6.07, 6.45) is 0. The lowest BCUT2D eigenvalue weighted by Gasteiger charge is -2.16. The van der Waals surface area contributed by atoms with E-state index in [1.54, 1.807) is 12.1 Å². The number of hydrogen-bond acceptors (Lipinski definition) is 4. The summed E-state index contributed by atoms with van der Waals surface area (Å²) < 4.78 is 28.1. The van der Waals surface area contributed by atoms with Gasteiger partial charge < -0.3 is 10.1 Å². The smallest absolute Gasteiger partial charge is 0.258 e. The van der Waals surface area contributed by atoms with E-state index >= 15 is 0 Å². The molecule has 0 radical (unpaired) electrons. The van der Waals surface area contributed by atoms with E-state index in [4.69, 9.17) is 9.88 Å². The van der Waals surface area contributed by atoms with Crippen LogP contribution in [0, 0.1) is 13.8 Å². The Morgan fingerprint density at radius 1 is 1.12 bits per heavy atom. The van der Waals surface area contributed by atoms with Gasteiger partial charge in [0.15, 0.2) is 6.61 Å². The number of benzene rings is 2. The maximum atomic E-state index is 12.1. The number of para-hydroxylation sites is 1. The number of rotatable bonds is 6. The molecule has 134 valence electrons. The molecule has 0 aromatic heterocycles. The maximum Gasteiger partial charge on any atom is 0.258 e. The second-order valence-electron chi connectivity index (χ2n) is 5.91. The van der Waals surface area contributed by atoms with Crippen LogP contribution in [-0.2, 0) is 14.8 Å². The monoisotopic (exact) mass is 362 g/mol. The van der Waals surface area contributed by atoms with Crippen molar-refractivity contribution in [3.63, 3.8) is 0 Å². The van der Waals surface area contributed by atoms with Gasteiger partial charge >= 0.3 is 0 Å². The van der Waals surface area contributed by atoms with E-state index in [1.165, 1.54) is 12.1 Å². The molecule has 2 aromatic carbocycles. The zero-order chi connectivity index (χ0) is 18.6. The molecule has 2 aromatic rings. The summed E-state index contributed by atoms with van der Waals surface area (Å²) in [4.78, 5) is 12.1. The Morgan fingerprint density at radius 3 is 2.20 bits per heavy atom. The van der Waals surface area contributed by atoms with E-state index in [9.17, 15) is 13.2 Å². The minimum atomic E-state index is -3.72. The van der Waals surface area contributed by atoms with Crippen LogP contribution in [0.15, 0.2) is 47.4 Å². The van der Waals surface area contributed by atoms with Crippen LogP contribution in [-0.4, -0.2) is 20.9 Å². The third kappa shape index (κ3) is 5.04. The SMILES string of the molecule is Cc1cccc(C)c1OCC(=O)NC(C)c1ccc(S(N)(=O)=O)cc1. The van der Waals surface area contributed by atoms with Gasteiger partial charge in [-0.1, -0.05) is 30.3 Å². The van der Waals surface area contributed by atoms with Crippen LogP contribution in [0.3, 0.4) is 0 Å². The minimum absolute atomic E-state index is 0.0353. The Hall–Kier alpha value is -2.38. The predicted octanol–water partition coefficient (Wildman–Crippen LogP) is 2.21. The normalized spacial score (nSPS) is 12.5. The van der Waals surface area contributed by atoms with Crippen LogP contribution in [0.5, 0.6) is 5.75 Å². The number of carbonyl (C=O) groups excluding carboxylic acids is 1. The average molecular weight is 362 g/mol. The first-order valence-corrected chi connectivity index (χ1v) is 9.34. The second-order valence-corrected chi connectivity index (χ2v) is 7.47. The number of nitrogens with one attached hydrogen (secondary N) is 1. The number of sulfonamides is 1. The number of primary sulfonamides is 1. The van der Waals surface area contributed by atoms with Crippen LogP contribution < -0.4 is 15.2 Å². The van der Waals surface area contributed by atoms with E-state index in [-0.39, 0.29) is 23.5 Å². The molecule has 7 heteroatoms. The number of ether oxygens (including phenoxy) is 1. The molecule has 3 N–H and O–H groups in total. The van der Waals surface area contributed by atoms with Gasteiger partial charge in [-0.25, -0.2) is 13.6 Å². The minimum Gasteiger partial charge on any atom is -0.483 e. The highest BCUT2D eigenvalue weighted by Crippen LogP contribution is 2.22. The average Bonchev–Trinajstić information content (AvgIpc) is 2.53. The van der Waals surface area contributed by atoms with E-state index in [2.05, 4.69) is 5.32 Å². The van der Waals surface area contributed by atoms with E-state index < -0.39 is 10.0 Å². The van der Waals surface area contributed by atoms with Gasteiger partial charge in [-0.05, 0) is 49.6 Å². The molecule has 0 aliphatic carbocycles. The molecule has 1 unspecified atom stereocenters. The van der Waals surface area contributed by atoms with Gasteiger partial charge in [-0.15, -0.1) is 0 Å². The first kappa shape index (κ1) is 19.0. The van der Waals surface area contributed by atoms with Crippen molar-refractivity contribution < 1.29 is 17.9 Å². The molecule has 0 aliphatic heterocycles. The predicted molar refractivity (Wildman–Crippen MR) is 95.8 cm³/mol. The largest absolute Gasteiger partial charge is 0.483 e. The summed E-state index contributed by atoms with van der Waals surface area (Å²) in [7, 11) is -3.72. The topological polar surface area (TPSA) is 98.5 Å². The van der Waals surface area contributed by atoms with E-state index in [1.807, 2.05) is 39.0 Å². The molecule has 0 aliphatic rings. The van der Waals surface area contributed by atoms with Crippen LogP contribution in [0.4, 0.5) is 0 Å². The molecule has 2 rings (SSSR count). The van der Waals surface area contributed by atoms with E-state index in [0.717, 1.165) is 16.7 Å². The second kappa shape index (κ2) is 7.67. The highest BCUT2D eigenvalue weighted by molar-refractivity contribution is 7.89. The number of nitrogens with two attached hydrogens (primary N) is 1. The van der Waals surface area contributed by atoms with Crippen molar-refractivity contribution in [2.45, 2.75) is 31.7 Å². The van der Waals surface area contributed by atoms with Crippen molar-refractivity contribution >= 4 is 15.9 Å². The number of aryl methyl sites for hydroxylation is 2.